The van der Waals surface area contributed by atoms with Gasteiger partial charge in [-0.3, -0.25) is 14.9 Å². The molecular formula is C15H18N2O3. The molecule has 2 aliphatic rings. The molecule has 1 aromatic rings. The van der Waals surface area contributed by atoms with Gasteiger partial charge in [-0.15, -0.1) is 0 Å². The number of non-ortho nitro benzene ring substituents is 1. The molecule has 1 amide bonds. The minimum absolute atomic E-state index is 0.0745. The van der Waals surface area contributed by atoms with E-state index in [1.807, 2.05) is 6.07 Å². The summed E-state index contributed by atoms with van der Waals surface area (Å²) in [4.78, 5) is 24.4. The Morgan fingerprint density at radius 2 is 2.05 bits per heavy atom. The van der Waals surface area contributed by atoms with Crippen molar-refractivity contribution in [3.8, 4) is 0 Å². The molecule has 0 aromatic heterocycles. The Morgan fingerprint density at radius 3 is 2.70 bits per heavy atom. The van der Waals surface area contributed by atoms with E-state index in [4.69, 9.17) is 0 Å². The van der Waals surface area contributed by atoms with Gasteiger partial charge in [-0.2, -0.15) is 0 Å². The summed E-state index contributed by atoms with van der Waals surface area (Å²) in [6, 6.07) is 6.49. The summed E-state index contributed by atoms with van der Waals surface area (Å²) >= 11 is 0. The molecule has 0 radical (unpaired) electrons. The number of rotatable bonds is 4. The highest BCUT2D eigenvalue weighted by atomic mass is 16.6. The summed E-state index contributed by atoms with van der Waals surface area (Å²) in [5.41, 5.74) is 0.878. The van der Waals surface area contributed by atoms with Crippen molar-refractivity contribution in [3.05, 3.63) is 39.9 Å². The fourth-order valence-electron chi connectivity index (χ4n) is 3.35. The normalized spacial score (nSPS) is 26.9. The van der Waals surface area contributed by atoms with Crippen molar-refractivity contribution in [2.24, 2.45) is 17.8 Å². The quantitative estimate of drug-likeness (QED) is 0.626. The fourth-order valence-corrected chi connectivity index (χ4v) is 3.35. The molecule has 2 atom stereocenters. The van der Waals surface area contributed by atoms with Crippen molar-refractivity contribution in [1.29, 1.82) is 0 Å². The van der Waals surface area contributed by atoms with Gasteiger partial charge in [0.25, 0.3) is 5.69 Å². The molecule has 2 unspecified atom stereocenters. The Labute approximate surface area is 117 Å². The van der Waals surface area contributed by atoms with Crippen LogP contribution >= 0.6 is 0 Å². The van der Waals surface area contributed by atoms with Crippen LogP contribution in [-0.4, -0.2) is 22.8 Å². The highest BCUT2D eigenvalue weighted by Gasteiger charge is 2.48. The minimum Gasteiger partial charge on any atom is -0.341 e. The minimum atomic E-state index is -0.407. The predicted octanol–water partition coefficient (Wildman–Crippen LogP) is 2.60. The van der Waals surface area contributed by atoms with Gasteiger partial charge in [0.2, 0.25) is 5.91 Å². The molecule has 20 heavy (non-hydrogen) atoms. The van der Waals surface area contributed by atoms with Crippen LogP contribution in [0.25, 0.3) is 0 Å². The molecule has 3 rings (SSSR count). The Balaban J connectivity index is 1.63. The lowest BCUT2D eigenvalue weighted by Crippen LogP contribution is -2.31. The van der Waals surface area contributed by atoms with Crippen molar-refractivity contribution in [2.75, 3.05) is 7.05 Å². The maximum Gasteiger partial charge on any atom is 0.269 e. The number of hydrogen-bond donors (Lipinski definition) is 0. The Morgan fingerprint density at radius 1 is 1.35 bits per heavy atom. The second kappa shape index (κ2) is 4.89. The summed E-state index contributed by atoms with van der Waals surface area (Å²) < 4.78 is 0. The summed E-state index contributed by atoms with van der Waals surface area (Å²) in [7, 11) is 1.78. The summed E-state index contributed by atoms with van der Waals surface area (Å²) in [6.07, 6.45) is 3.37. The molecule has 0 spiro atoms. The van der Waals surface area contributed by atoms with E-state index in [9.17, 15) is 14.9 Å². The number of hydrogen-bond acceptors (Lipinski definition) is 3. The third kappa shape index (κ3) is 2.53. The number of nitro groups is 1. The smallest absolute Gasteiger partial charge is 0.269 e. The van der Waals surface area contributed by atoms with Gasteiger partial charge in [-0.25, -0.2) is 0 Å². The number of carbonyl (C=O) groups excluding carboxylic acids is 1. The third-order valence-corrected chi connectivity index (χ3v) is 4.51. The first-order valence-electron chi connectivity index (χ1n) is 7.03. The van der Waals surface area contributed by atoms with Crippen LogP contribution in [0.3, 0.4) is 0 Å². The number of nitrogens with zero attached hydrogens (tertiary/aromatic N) is 2. The van der Waals surface area contributed by atoms with E-state index in [-0.39, 0.29) is 17.5 Å². The molecule has 2 fully saturated rings. The van der Waals surface area contributed by atoms with E-state index in [1.54, 1.807) is 18.0 Å². The predicted molar refractivity (Wildman–Crippen MR) is 73.9 cm³/mol. The SMILES string of the molecule is CN(Cc1cccc([N+](=O)[O-])c1)C(=O)C1CC2CC2C1. The number of nitro benzene ring substituents is 1. The molecule has 5 heteroatoms. The Hall–Kier alpha value is -1.91. The zero-order valence-corrected chi connectivity index (χ0v) is 11.5. The van der Waals surface area contributed by atoms with Gasteiger partial charge in [-0.05, 0) is 36.7 Å². The van der Waals surface area contributed by atoms with Gasteiger partial charge in [0.05, 0.1) is 4.92 Å². The summed E-state index contributed by atoms with van der Waals surface area (Å²) in [5, 5.41) is 10.7. The maximum atomic E-state index is 12.3. The lowest BCUT2D eigenvalue weighted by atomic mass is 10.0. The van der Waals surface area contributed by atoms with Crippen LogP contribution in [0.15, 0.2) is 24.3 Å². The molecule has 0 N–H and O–H groups in total. The lowest BCUT2D eigenvalue weighted by Gasteiger charge is -2.22. The first-order valence-corrected chi connectivity index (χ1v) is 7.03. The van der Waals surface area contributed by atoms with Crippen molar-refractivity contribution < 1.29 is 9.72 Å². The average Bonchev–Trinajstić information content (AvgIpc) is 3.04. The van der Waals surface area contributed by atoms with E-state index in [1.165, 1.54) is 18.6 Å². The molecule has 5 nitrogen and oxygen atoms in total. The monoisotopic (exact) mass is 274 g/mol. The number of carbonyl (C=O) groups is 1. The second-order valence-corrected chi connectivity index (χ2v) is 6.05. The number of amides is 1. The van der Waals surface area contributed by atoms with Crippen LogP contribution in [0.5, 0.6) is 0 Å². The van der Waals surface area contributed by atoms with E-state index < -0.39 is 4.92 Å². The van der Waals surface area contributed by atoms with Crippen molar-refractivity contribution in [2.45, 2.75) is 25.8 Å². The molecule has 0 aliphatic heterocycles. The zero-order chi connectivity index (χ0) is 14.3. The van der Waals surface area contributed by atoms with Crippen LogP contribution in [0.1, 0.15) is 24.8 Å². The molecule has 0 heterocycles. The summed E-state index contributed by atoms with van der Waals surface area (Å²) in [6.45, 7) is 0.437. The topological polar surface area (TPSA) is 63.4 Å². The Bertz CT molecular complexity index is 548. The molecule has 106 valence electrons. The molecule has 2 aliphatic carbocycles. The van der Waals surface area contributed by atoms with Gasteiger partial charge in [0, 0.05) is 31.6 Å². The van der Waals surface area contributed by atoms with Crippen molar-refractivity contribution >= 4 is 11.6 Å². The van der Waals surface area contributed by atoms with Crippen LogP contribution in [0, 0.1) is 27.9 Å². The molecule has 2 saturated carbocycles. The van der Waals surface area contributed by atoms with E-state index in [2.05, 4.69) is 0 Å². The first kappa shape index (κ1) is 13.1. The van der Waals surface area contributed by atoms with E-state index >= 15 is 0 Å². The molecule has 1 aromatic carbocycles. The zero-order valence-electron chi connectivity index (χ0n) is 11.5. The molecular weight excluding hydrogens is 256 g/mol. The van der Waals surface area contributed by atoms with Crippen LogP contribution in [0.2, 0.25) is 0 Å². The fraction of sp³-hybridized carbons (Fsp3) is 0.533. The molecule has 0 bridgehead atoms. The van der Waals surface area contributed by atoms with Gasteiger partial charge in [0.15, 0.2) is 0 Å². The average molecular weight is 274 g/mol. The second-order valence-electron chi connectivity index (χ2n) is 6.05. The van der Waals surface area contributed by atoms with Gasteiger partial charge >= 0.3 is 0 Å². The van der Waals surface area contributed by atoms with Crippen LogP contribution in [0.4, 0.5) is 5.69 Å². The highest BCUT2D eigenvalue weighted by molar-refractivity contribution is 5.79. The van der Waals surface area contributed by atoms with Crippen LogP contribution < -0.4 is 0 Å². The number of benzene rings is 1. The van der Waals surface area contributed by atoms with Crippen molar-refractivity contribution in [3.63, 3.8) is 0 Å². The van der Waals surface area contributed by atoms with Gasteiger partial charge in [-0.1, -0.05) is 12.1 Å². The molecule has 0 saturated heterocycles. The third-order valence-electron chi connectivity index (χ3n) is 4.51. The first-order chi connectivity index (χ1) is 9.54. The van der Waals surface area contributed by atoms with E-state index in [0.717, 1.165) is 30.2 Å². The van der Waals surface area contributed by atoms with Gasteiger partial charge in [0.1, 0.15) is 0 Å². The Kier molecular flexibility index (Phi) is 3.20. The number of fused-ring (bicyclic) bond motifs is 1. The summed E-state index contributed by atoms with van der Waals surface area (Å²) in [5.74, 6) is 1.93. The van der Waals surface area contributed by atoms with E-state index in [0.29, 0.717) is 6.54 Å². The van der Waals surface area contributed by atoms with Gasteiger partial charge < -0.3 is 4.90 Å². The van der Waals surface area contributed by atoms with Crippen LogP contribution in [-0.2, 0) is 11.3 Å². The highest BCUT2D eigenvalue weighted by Crippen LogP contribution is 2.54. The standard InChI is InChI=1S/C15H18N2O3/c1-16(15(18)13-7-11-6-12(11)8-13)9-10-3-2-4-14(5-10)17(19)20/h2-5,11-13H,6-9H2,1H3. The maximum absolute atomic E-state index is 12.3. The van der Waals surface area contributed by atoms with Crippen molar-refractivity contribution in [1.82, 2.24) is 4.90 Å². The lowest BCUT2D eigenvalue weighted by molar-refractivity contribution is -0.384. The largest absolute Gasteiger partial charge is 0.341 e.